The normalized spacial score (nSPS) is 20.8. The van der Waals surface area contributed by atoms with E-state index in [1.807, 2.05) is 0 Å². The van der Waals surface area contributed by atoms with E-state index in [-0.39, 0.29) is 16.1 Å². The molecule has 0 radical (unpaired) electrons. The van der Waals surface area contributed by atoms with Crippen LogP contribution in [0.1, 0.15) is 17.3 Å². The van der Waals surface area contributed by atoms with E-state index in [1.165, 1.54) is 32.2 Å². The van der Waals surface area contributed by atoms with Crippen molar-refractivity contribution in [3.8, 4) is 0 Å². The van der Waals surface area contributed by atoms with Crippen LogP contribution in [0, 0.1) is 0 Å². The Morgan fingerprint density at radius 2 is 2.06 bits per heavy atom. The third-order valence-corrected chi connectivity index (χ3v) is 4.91. The van der Waals surface area contributed by atoms with E-state index in [9.17, 15) is 18.0 Å². The van der Waals surface area contributed by atoms with Gasteiger partial charge in [-0.2, -0.15) is 0 Å². The number of anilines is 1. The van der Waals surface area contributed by atoms with Crippen LogP contribution < -0.4 is 5.32 Å². The van der Waals surface area contributed by atoms with Gasteiger partial charge >= 0.3 is 5.97 Å². The van der Waals surface area contributed by atoms with Crippen molar-refractivity contribution in [3.05, 3.63) is 23.8 Å². The molecule has 6 nitrogen and oxygen atoms in total. The lowest BCUT2D eigenvalue weighted by Gasteiger charge is -2.22. The van der Waals surface area contributed by atoms with Gasteiger partial charge in [0.05, 0.1) is 23.3 Å². The van der Waals surface area contributed by atoms with Crippen molar-refractivity contribution >= 4 is 27.4 Å². The summed E-state index contributed by atoms with van der Waals surface area (Å²) in [5.74, 6) is -1.20. The summed E-state index contributed by atoms with van der Waals surface area (Å²) in [5, 5.41) is 1.33. The molecule has 0 saturated heterocycles. The van der Waals surface area contributed by atoms with Gasteiger partial charge in [0, 0.05) is 0 Å². The predicted octanol–water partition coefficient (Wildman–Crippen LogP) is 0.587. The van der Waals surface area contributed by atoms with Gasteiger partial charge in [-0.15, -0.1) is 0 Å². The average molecular weight is 269 g/mol. The minimum absolute atomic E-state index is 0.0160. The molecule has 1 amide bonds. The quantitative estimate of drug-likeness (QED) is 0.753. The summed E-state index contributed by atoms with van der Waals surface area (Å²) in [4.78, 5) is 22.9. The first kappa shape index (κ1) is 12.6. The van der Waals surface area contributed by atoms with Gasteiger partial charge in [-0.25, -0.2) is 13.2 Å². The molecule has 1 aliphatic heterocycles. The second-order valence-electron chi connectivity index (χ2n) is 3.88. The number of benzene rings is 1. The van der Waals surface area contributed by atoms with E-state index in [2.05, 4.69) is 10.1 Å². The number of sulfone groups is 1. The monoisotopic (exact) mass is 269 g/mol. The standard InChI is InChI=1S/C11H11NO5S/c1-6-10(13)12-8-5-7(11(14)17-2)3-4-9(8)18(6,15)16/h3-6H,1-2H3,(H,12,13). The van der Waals surface area contributed by atoms with Crippen molar-refractivity contribution in [1.82, 2.24) is 0 Å². The van der Waals surface area contributed by atoms with Crippen LogP contribution in [0.4, 0.5) is 5.69 Å². The maximum Gasteiger partial charge on any atom is 0.337 e. The summed E-state index contributed by atoms with van der Waals surface area (Å²) in [6.07, 6.45) is 0. The molecule has 2 rings (SSSR count). The fraction of sp³-hybridized carbons (Fsp3) is 0.273. The molecule has 1 aromatic rings. The highest BCUT2D eigenvalue weighted by Crippen LogP contribution is 2.31. The Labute approximate surface area is 104 Å². The van der Waals surface area contributed by atoms with Crippen LogP contribution in [-0.4, -0.2) is 32.7 Å². The van der Waals surface area contributed by atoms with Gasteiger partial charge in [-0.3, -0.25) is 4.79 Å². The first-order valence-electron chi connectivity index (χ1n) is 5.15. The molecule has 0 spiro atoms. The fourth-order valence-corrected chi connectivity index (χ4v) is 3.08. The molecule has 0 aliphatic carbocycles. The van der Waals surface area contributed by atoms with E-state index >= 15 is 0 Å². The van der Waals surface area contributed by atoms with Crippen molar-refractivity contribution in [2.75, 3.05) is 12.4 Å². The van der Waals surface area contributed by atoms with Crippen molar-refractivity contribution in [2.45, 2.75) is 17.1 Å². The third-order valence-electron chi connectivity index (χ3n) is 2.80. The Bertz CT molecular complexity index is 635. The molecule has 1 N–H and O–H groups in total. The molecule has 1 aromatic carbocycles. The minimum atomic E-state index is -3.68. The molecule has 0 aromatic heterocycles. The molecule has 7 heteroatoms. The predicted molar refractivity (Wildman–Crippen MR) is 63.1 cm³/mol. The lowest BCUT2D eigenvalue weighted by atomic mass is 10.2. The summed E-state index contributed by atoms with van der Waals surface area (Å²) < 4.78 is 28.5. The van der Waals surface area contributed by atoms with E-state index < -0.39 is 27.0 Å². The summed E-state index contributed by atoms with van der Waals surface area (Å²) in [6.45, 7) is 1.32. The van der Waals surface area contributed by atoms with Crippen LogP contribution in [0.15, 0.2) is 23.1 Å². The number of amides is 1. The molecule has 1 unspecified atom stereocenters. The second-order valence-corrected chi connectivity index (χ2v) is 6.12. The van der Waals surface area contributed by atoms with E-state index in [0.29, 0.717) is 0 Å². The topological polar surface area (TPSA) is 89.5 Å². The zero-order valence-electron chi connectivity index (χ0n) is 9.76. The van der Waals surface area contributed by atoms with Gasteiger partial charge in [0.15, 0.2) is 9.84 Å². The van der Waals surface area contributed by atoms with Gasteiger partial charge < -0.3 is 10.1 Å². The van der Waals surface area contributed by atoms with E-state index in [0.717, 1.165) is 0 Å². The Hall–Kier alpha value is -1.89. The van der Waals surface area contributed by atoms with Gasteiger partial charge in [0.2, 0.25) is 5.91 Å². The smallest absolute Gasteiger partial charge is 0.337 e. The molecule has 96 valence electrons. The molecule has 1 heterocycles. The molecule has 1 atom stereocenters. The first-order valence-corrected chi connectivity index (χ1v) is 6.69. The average Bonchev–Trinajstić information content (AvgIpc) is 2.35. The Balaban J connectivity index is 2.60. The number of esters is 1. The zero-order chi connectivity index (χ0) is 13.5. The number of nitrogens with one attached hydrogen (secondary N) is 1. The van der Waals surface area contributed by atoms with Crippen molar-refractivity contribution in [2.24, 2.45) is 0 Å². The maximum atomic E-state index is 12.0. The molecule has 0 bridgehead atoms. The molecular formula is C11H11NO5S. The highest BCUT2D eigenvalue weighted by atomic mass is 32.2. The summed E-state index contributed by atoms with van der Waals surface area (Å²) in [6, 6.07) is 3.95. The van der Waals surface area contributed by atoms with Gasteiger partial charge in [0.1, 0.15) is 5.25 Å². The number of carbonyl (C=O) groups excluding carboxylic acids is 2. The number of ether oxygens (including phenoxy) is 1. The first-order chi connectivity index (χ1) is 8.37. The number of methoxy groups -OCH3 is 1. The summed E-state index contributed by atoms with van der Waals surface area (Å²) in [7, 11) is -2.46. The maximum absolute atomic E-state index is 12.0. The van der Waals surface area contributed by atoms with Crippen molar-refractivity contribution in [1.29, 1.82) is 0 Å². The van der Waals surface area contributed by atoms with Crippen LogP contribution in [0.2, 0.25) is 0 Å². The molecule has 0 saturated carbocycles. The lowest BCUT2D eigenvalue weighted by molar-refractivity contribution is -0.115. The van der Waals surface area contributed by atoms with Gasteiger partial charge in [-0.05, 0) is 25.1 Å². The summed E-state index contributed by atoms with van der Waals surface area (Å²) in [5.41, 5.74) is 0.294. The Morgan fingerprint density at radius 3 is 2.67 bits per heavy atom. The highest BCUT2D eigenvalue weighted by Gasteiger charge is 2.37. The van der Waals surface area contributed by atoms with E-state index in [1.54, 1.807) is 0 Å². The molecule has 18 heavy (non-hydrogen) atoms. The molecular weight excluding hydrogens is 258 g/mol. The van der Waals surface area contributed by atoms with Crippen LogP contribution in [-0.2, 0) is 19.4 Å². The third kappa shape index (κ3) is 1.76. The number of fused-ring (bicyclic) bond motifs is 1. The van der Waals surface area contributed by atoms with E-state index in [4.69, 9.17) is 0 Å². The second kappa shape index (κ2) is 4.09. The fourth-order valence-electron chi connectivity index (χ4n) is 1.69. The van der Waals surface area contributed by atoms with Gasteiger partial charge in [-0.1, -0.05) is 0 Å². The minimum Gasteiger partial charge on any atom is -0.465 e. The molecule has 1 aliphatic rings. The van der Waals surface area contributed by atoms with Crippen molar-refractivity contribution < 1.29 is 22.7 Å². The molecule has 0 fully saturated rings. The van der Waals surface area contributed by atoms with Crippen molar-refractivity contribution in [3.63, 3.8) is 0 Å². The number of rotatable bonds is 1. The number of carbonyl (C=O) groups is 2. The van der Waals surface area contributed by atoms with Gasteiger partial charge in [0.25, 0.3) is 0 Å². The lowest BCUT2D eigenvalue weighted by Crippen LogP contribution is -2.37. The number of hydrogen-bond acceptors (Lipinski definition) is 5. The van der Waals surface area contributed by atoms with Crippen LogP contribution in [0.5, 0.6) is 0 Å². The van der Waals surface area contributed by atoms with Crippen LogP contribution >= 0.6 is 0 Å². The highest BCUT2D eigenvalue weighted by molar-refractivity contribution is 7.93. The largest absolute Gasteiger partial charge is 0.465 e. The number of hydrogen-bond donors (Lipinski definition) is 1. The Morgan fingerprint density at radius 1 is 1.39 bits per heavy atom. The zero-order valence-corrected chi connectivity index (χ0v) is 10.6. The summed E-state index contributed by atoms with van der Waals surface area (Å²) >= 11 is 0. The Kier molecular flexibility index (Phi) is 2.86. The SMILES string of the molecule is COC(=O)c1ccc2c(c1)NC(=O)C(C)S2(=O)=O. The van der Waals surface area contributed by atoms with Crippen LogP contribution in [0.3, 0.4) is 0 Å². The van der Waals surface area contributed by atoms with Crippen LogP contribution in [0.25, 0.3) is 0 Å².